The molecule has 0 saturated heterocycles. The molecule has 2 rings (SSSR count). The Kier molecular flexibility index (Phi) is 6.42. The Hall–Kier alpha value is -2.53. The second kappa shape index (κ2) is 8.53. The van der Waals surface area contributed by atoms with E-state index in [1.807, 2.05) is 13.8 Å². The summed E-state index contributed by atoms with van der Waals surface area (Å²) in [6.07, 6.45) is 0.0523. The molecule has 1 amide bonds. The molecule has 0 atom stereocenters. The summed E-state index contributed by atoms with van der Waals surface area (Å²) in [5.41, 5.74) is 1.69. The summed E-state index contributed by atoms with van der Waals surface area (Å²) in [6.45, 7) is 5.25. The van der Waals surface area contributed by atoms with Crippen LogP contribution in [0.15, 0.2) is 42.5 Å². The fourth-order valence-corrected chi connectivity index (χ4v) is 2.26. The van der Waals surface area contributed by atoms with Gasteiger partial charge in [0.2, 0.25) is 0 Å². The van der Waals surface area contributed by atoms with Gasteiger partial charge in [0.05, 0.1) is 11.7 Å². The van der Waals surface area contributed by atoms with Crippen molar-refractivity contribution in [2.75, 3.05) is 11.9 Å². The molecule has 0 spiro atoms. The molecule has 0 saturated carbocycles. The molecule has 2 aromatic rings. The second-order valence-electron chi connectivity index (χ2n) is 5.73. The molecule has 0 radical (unpaired) electrons. The number of nitrogens with one attached hydrogen (secondary N) is 1. The van der Waals surface area contributed by atoms with E-state index >= 15 is 0 Å². The number of amides is 1. The lowest BCUT2D eigenvalue weighted by atomic mass is 10.2. The third-order valence-corrected chi connectivity index (χ3v) is 3.75. The normalized spacial score (nSPS) is 10.4. The highest BCUT2D eigenvalue weighted by Gasteiger charge is 2.12. The molecular weight excluding hydrogens is 342 g/mol. The third kappa shape index (κ3) is 5.50. The van der Waals surface area contributed by atoms with Gasteiger partial charge in [-0.15, -0.1) is 0 Å². The number of ether oxygens (including phenoxy) is 2. The van der Waals surface area contributed by atoms with E-state index in [0.29, 0.717) is 22.0 Å². The van der Waals surface area contributed by atoms with E-state index in [-0.39, 0.29) is 12.7 Å². The predicted molar refractivity (Wildman–Crippen MR) is 97.3 cm³/mol. The van der Waals surface area contributed by atoms with Gasteiger partial charge in [-0.3, -0.25) is 4.79 Å². The van der Waals surface area contributed by atoms with Crippen molar-refractivity contribution in [1.82, 2.24) is 0 Å². The molecule has 0 aromatic heterocycles. The number of rotatable bonds is 6. The Bertz CT molecular complexity index is 757. The number of benzene rings is 2. The summed E-state index contributed by atoms with van der Waals surface area (Å²) >= 11 is 6.00. The van der Waals surface area contributed by atoms with Crippen LogP contribution in [-0.2, 0) is 9.53 Å². The summed E-state index contributed by atoms with van der Waals surface area (Å²) in [6, 6.07) is 11.8. The van der Waals surface area contributed by atoms with Gasteiger partial charge in [0, 0.05) is 10.7 Å². The molecule has 0 fully saturated rings. The topological polar surface area (TPSA) is 64.6 Å². The van der Waals surface area contributed by atoms with Crippen LogP contribution in [0, 0.1) is 6.92 Å². The van der Waals surface area contributed by atoms with Gasteiger partial charge in [-0.1, -0.05) is 17.7 Å². The molecule has 5 nitrogen and oxygen atoms in total. The zero-order valence-corrected chi connectivity index (χ0v) is 15.1. The fourth-order valence-electron chi connectivity index (χ4n) is 2.09. The second-order valence-corrected chi connectivity index (χ2v) is 6.13. The first-order chi connectivity index (χ1) is 11.9. The zero-order chi connectivity index (χ0) is 18.4. The molecule has 0 heterocycles. The molecule has 2 aromatic carbocycles. The Balaban J connectivity index is 1.88. The van der Waals surface area contributed by atoms with Crippen LogP contribution in [0.4, 0.5) is 5.69 Å². The number of carbonyl (C=O) groups excluding carboxylic acids is 2. The van der Waals surface area contributed by atoms with Crippen LogP contribution < -0.4 is 10.1 Å². The minimum absolute atomic E-state index is 0.0523. The first kappa shape index (κ1) is 18.8. The molecule has 6 heteroatoms. The van der Waals surface area contributed by atoms with Crippen molar-refractivity contribution in [2.24, 2.45) is 0 Å². The number of esters is 1. The van der Waals surface area contributed by atoms with Crippen molar-refractivity contribution < 1.29 is 19.1 Å². The van der Waals surface area contributed by atoms with E-state index in [4.69, 9.17) is 21.1 Å². The lowest BCUT2D eigenvalue weighted by Crippen LogP contribution is -2.21. The third-order valence-electron chi connectivity index (χ3n) is 3.34. The van der Waals surface area contributed by atoms with Crippen molar-refractivity contribution in [3.8, 4) is 5.75 Å². The first-order valence-electron chi connectivity index (χ1n) is 7.85. The molecule has 0 unspecified atom stereocenters. The minimum Gasteiger partial charge on any atom is -0.491 e. The van der Waals surface area contributed by atoms with Crippen molar-refractivity contribution in [3.05, 3.63) is 58.6 Å². The lowest BCUT2D eigenvalue weighted by Gasteiger charge is -2.11. The molecule has 1 N–H and O–H groups in total. The molecule has 25 heavy (non-hydrogen) atoms. The molecular formula is C19H20ClNO4. The minimum atomic E-state index is -0.575. The van der Waals surface area contributed by atoms with Gasteiger partial charge >= 0.3 is 5.97 Å². The van der Waals surface area contributed by atoms with Crippen LogP contribution in [0.1, 0.15) is 29.8 Å². The van der Waals surface area contributed by atoms with Crippen LogP contribution in [0.3, 0.4) is 0 Å². The highest BCUT2D eigenvalue weighted by Crippen LogP contribution is 2.22. The molecule has 0 bridgehead atoms. The van der Waals surface area contributed by atoms with Gasteiger partial charge in [-0.25, -0.2) is 4.79 Å². The number of carbonyl (C=O) groups is 2. The van der Waals surface area contributed by atoms with Gasteiger partial charge in [0.1, 0.15) is 5.75 Å². The molecule has 0 aliphatic heterocycles. The van der Waals surface area contributed by atoms with E-state index in [2.05, 4.69) is 5.32 Å². The molecule has 0 aliphatic carbocycles. The van der Waals surface area contributed by atoms with Crippen LogP contribution >= 0.6 is 11.6 Å². The Morgan fingerprint density at radius 2 is 1.80 bits per heavy atom. The maximum absolute atomic E-state index is 12.0. The van der Waals surface area contributed by atoms with Crippen LogP contribution in [-0.4, -0.2) is 24.6 Å². The summed E-state index contributed by atoms with van der Waals surface area (Å²) in [5.74, 6) is -0.340. The lowest BCUT2D eigenvalue weighted by molar-refractivity contribution is -0.119. The smallest absolute Gasteiger partial charge is 0.338 e. The SMILES string of the molecule is Cc1c(Cl)cccc1NC(=O)COC(=O)c1ccc(OC(C)C)cc1. The maximum Gasteiger partial charge on any atom is 0.338 e. The van der Waals surface area contributed by atoms with Gasteiger partial charge in [0.25, 0.3) is 5.91 Å². The molecule has 132 valence electrons. The van der Waals surface area contributed by atoms with Crippen LogP contribution in [0.25, 0.3) is 0 Å². The highest BCUT2D eigenvalue weighted by atomic mass is 35.5. The van der Waals surface area contributed by atoms with E-state index < -0.39 is 11.9 Å². The Morgan fingerprint density at radius 1 is 1.12 bits per heavy atom. The maximum atomic E-state index is 12.0. The quantitative estimate of drug-likeness (QED) is 0.782. The Morgan fingerprint density at radius 3 is 2.44 bits per heavy atom. The van der Waals surface area contributed by atoms with E-state index in [9.17, 15) is 9.59 Å². The number of hydrogen-bond acceptors (Lipinski definition) is 4. The van der Waals surface area contributed by atoms with Crippen molar-refractivity contribution in [1.29, 1.82) is 0 Å². The van der Waals surface area contributed by atoms with E-state index in [0.717, 1.165) is 5.56 Å². The van der Waals surface area contributed by atoms with Gasteiger partial charge in [0.15, 0.2) is 6.61 Å². The van der Waals surface area contributed by atoms with Crippen molar-refractivity contribution >= 4 is 29.2 Å². The van der Waals surface area contributed by atoms with Crippen molar-refractivity contribution in [3.63, 3.8) is 0 Å². The summed E-state index contributed by atoms with van der Waals surface area (Å²) in [5, 5.41) is 3.22. The summed E-state index contributed by atoms with van der Waals surface area (Å²) < 4.78 is 10.5. The fraction of sp³-hybridized carbons (Fsp3) is 0.263. The highest BCUT2D eigenvalue weighted by molar-refractivity contribution is 6.31. The van der Waals surface area contributed by atoms with E-state index in [1.165, 1.54) is 0 Å². The predicted octanol–water partition coefficient (Wildman–Crippen LogP) is 4.23. The van der Waals surface area contributed by atoms with Gasteiger partial charge in [-0.2, -0.15) is 0 Å². The summed E-state index contributed by atoms with van der Waals surface area (Å²) in [7, 11) is 0. The van der Waals surface area contributed by atoms with Gasteiger partial charge in [-0.05, 0) is 62.7 Å². The number of hydrogen-bond donors (Lipinski definition) is 1. The summed E-state index contributed by atoms with van der Waals surface area (Å²) in [4.78, 5) is 23.9. The van der Waals surface area contributed by atoms with Crippen LogP contribution in [0.5, 0.6) is 5.75 Å². The van der Waals surface area contributed by atoms with Gasteiger partial charge < -0.3 is 14.8 Å². The zero-order valence-electron chi connectivity index (χ0n) is 14.3. The standard InChI is InChI=1S/C19H20ClNO4/c1-12(2)25-15-9-7-14(8-10-15)19(23)24-11-18(22)21-17-6-4-5-16(20)13(17)3/h4-10,12H,11H2,1-3H3,(H,21,22). The van der Waals surface area contributed by atoms with E-state index in [1.54, 1.807) is 49.4 Å². The molecule has 0 aliphatic rings. The van der Waals surface area contributed by atoms with Crippen LogP contribution in [0.2, 0.25) is 5.02 Å². The largest absolute Gasteiger partial charge is 0.491 e. The monoisotopic (exact) mass is 361 g/mol. The number of halogens is 1. The Labute approximate surface area is 151 Å². The average Bonchev–Trinajstić information content (AvgIpc) is 2.57. The first-order valence-corrected chi connectivity index (χ1v) is 8.23. The number of anilines is 1. The average molecular weight is 362 g/mol. The van der Waals surface area contributed by atoms with Crippen molar-refractivity contribution in [2.45, 2.75) is 26.9 Å².